The Morgan fingerprint density at radius 2 is 2.00 bits per heavy atom. The molecule has 1 amide bonds. The number of benzene rings is 2. The smallest absolute Gasteiger partial charge is 0.259 e. The number of hydrogen-bond donors (Lipinski definition) is 2. The van der Waals surface area contributed by atoms with E-state index in [1.807, 2.05) is 6.07 Å². The number of nitriles is 1. The molecule has 3 N–H and O–H groups in total. The van der Waals surface area contributed by atoms with Crippen LogP contribution in [0, 0.1) is 28.8 Å². The highest BCUT2D eigenvalue weighted by Crippen LogP contribution is 2.45. The number of thiophene rings is 1. The van der Waals surface area contributed by atoms with Gasteiger partial charge in [-0.15, -0.1) is 11.3 Å². The molecule has 1 saturated heterocycles. The number of nitrogens with two attached hydrogens (primary N) is 1. The van der Waals surface area contributed by atoms with Crippen LogP contribution < -0.4 is 11.1 Å². The van der Waals surface area contributed by atoms with E-state index in [4.69, 9.17) is 5.73 Å². The summed E-state index contributed by atoms with van der Waals surface area (Å²) in [6, 6.07) is 4.23. The predicted molar refractivity (Wildman–Crippen MR) is 122 cm³/mol. The number of piperazine rings is 1. The average molecular weight is 482 g/mol. The molecule has 2 aromatic heterocycles. The second-order valence-corrected chi connectivity index (χ2v) is 9.46. The first-order chi connectivity index (χ1) is 16.4. The van der Waals surface area contributed by atoms with Gasteiger partial charge in [-0.2, -0.15) is 10.4 Å². The fourth-order valence-electron chi connectivity index (χ4n) is 5.11. The van der Waals surface area contributed by atoms with Crippen LogP contribution in [0.25, 0.3) is 32.1 Å². The number of rotatable bonds is 1. The van der Waals surface area contributed by atoms with Crippen LogP contribution in [-0.2, 0) is 6.54 Å². The molecule has 34 heavy (non-hydrogen) atoms. The van der Waals surface area contributed by atoms with E-state index in [0.29, 0.717) is 32.6 Å². The van der Waals surface area contributed by atoms with E-state index in [-0.39, 0.29) is 54.3 Å². The van der Waals surface area contributed by atoms with Crippen molar-refractivity contribution in [2.75, 3.05) is 25.4 Å². The first-order valence-corrected chi connectivity index (χ1v) is 11.5. The number of hydrogen-bond acceptors (Lipinski definition) is 6. The van der Waals surface area contributed by atoms with Gasteiger partial charge in [-0.25, -0.2) is 13.2 Å². The number of anilines is 1. The third kappa shape index (κ3) is 2.72. The van der Waals surface area contributed by atoms with Crippen LogP contribution in [0.2, 0.25) is 0 Å². The Kier molecular flexibility index (Phi) is 4.59. The summed E-state index contributed by atoms with van der Waals surface area (Å²) < 4.78 is 47.7. The number of aryl methyl sites for hydroxylation is 1. The minimum atomic E-state index is -1.28. The zero-order chi connectivity index (χ0) is 23.7. The maximum atomic E-state index is 15.8. The van der Waals surface area contributed by atoms with Crippen LogP contribution in [0.1, 0.15) is 22.3 Å². The summed E-state index contributed by atoms with van der Waals surface area (Å²) in [5.74, 6) is -3.73. The minimum absolute atomic E-state index is 0.000206. The molecule has 0 bridgehead atoms. The number of carbonyl (C=O) groups is 1. The highest BCUT2D eigenvalue weighted by molar-refractivity contribution is 7.23. The molecule has 0 aliphatic carbocycles. The van der Waals surface area contributed by atoms with Gasteiger partial charge >= 0.3 is 0 Å². The number of nitrogens with one attached hydrogen (secondary N) is 1. The number of nitrogen functional groups attached to an aromatic ring is 1. The Bertz CT molecular complexity index is 1570. The van der Waals surface area contributed by atoms with Crippen molar-refractivity contribution in [3.05, 3.63) is 46.9 Å². The van der Waals surface area contributed by atoms with Crippen LogP contribution >= 0.6 is 11.3 Å². The van der Waals surface area contributed by atoms with Crippen molar-refractivity contribution >= 4 is 43.2 Å². The summed E-state index contributed by atoms with van der Waals surface area (Å²) in [5, 5.41) is 17.6. The molecule has 7 nitrogen and oxygen atoms in total. The number of aromatic nitrogens is 2. The molecule has 2 aromatic carbocycles. The van der Waals surface area contributed by atoms with Crippen LogP contribution in [0.3, 0.4) is 0 Å². The van der Waals surface area contributed by atoms with E-state index in [2.05, 4.69) is 10.4 Å². The molecule has 172 valence electrons. The van der Waals surface area contributed by atoms with Crippen molar-refractivity contribution in [2.24, 2.45) is 0 Å². The lowest BCUT2D eigenvalue weighted by Gasteiger charge is -2.37. The lowest BCUT2D eigenvalue weighted by Crippen LogP contribution is -2.54. The molecule has 0 radical (unpaired) electrons. The first kappa shape index (κ1) is 20.9. The van der Waals surface area contributed by atoms with E-state index >= 15 is 8.78 Å². The molecule has 2 aliphatic heterocycles. The average Bonchev–Trinajstić information content (AvgIpc) is 3.39. The van der Waals surface area contributed by atoms with E-state index < -0.39 is 23.4 Å². The first-order valence-electron chi connectivity index (χ1n) is 10.7. The van der Waals surface area contributed by atoms with Gasteiger partial charge in [0.25, 0.3) is 5.91 Å². The molecule has 0 spiro atoms. The molecule has 0 saturated carbocycles. The van der Waals surface area contributed by atoms with E-state index in [1.165, 1.54) is 16.9 Å². The van der Waals surface area contributed by atoms with E-state index in [1.54, 1.807) is 4.90 Å². The third-order valence-electron chi connectivity index (χ3n) is 6.68. The topological polar surface area (TPSA) is 100.0 Å². The summed E-state index contributed by atoms with van der Waals surface area (Å²) >= 11 is 0.874. The Morgan fingerprint density at radius 1 is 1.21 bits per heavy atom. The quantitative estimate of drug-likeness (QED) is 0.432. The fourth-order valence-corrected chi connectivity index (χ4v) is 6.06. The van der Waals surface area contributed by atoms with Gasteiger partial charge in [0, 0.05) is 48.6 Å². The molecule has 4 heterocycles. The second kappa shape index (κ2) is 7.44. The van der Waals surface area contributed by atoms with E-state index in [9.17, 15) is 14.4 Å². The standard InChI is InChI=1S/C23H17F3N6OS/c24-14-2-1-11(16-12(7-27)22(28)34-21(14)16)15-13-9-30-32-5-3-10-8-29-4-6-31(10)23(33)17(20(13)32)19(26)18(15)25/h1-2,9-10,29H,3-6,8,28H2/t10-/m0/s1. The molecule has 2 aliphatic rings. The van der Waals surface area contributed by atoms with Gasteiger partial charge in [0.2, 0.25) is 0 Å². The maximum Gasteiger partial charge on any atom is 0.259 e. The summed E-state index contributed by atoms with van der Waals surface area (Å²) in [7, 11) is 0. The molecule has 1 fully saturated rings. The Balaban J connectivity index is 1.70. The van der Waals surface area contributed by atoms with Crippen molar-refractivity contribution in [3.8, 4) is 17.2 Å². The Morgan fingerprint density at radius 3 is 2.79 bits per heavy atom. The molecular weight excluding hydrogens is 465 g/mol. The Labute approximate surface area is 195 Å². The molecule has 6 rings (SSSR count). The van der Waals surface area contributed by atoms with Crippen LogP contribution in [0.15, 0.2) is 18.3 Å². The number of halogens is 3. The van der Waals surface area contributed by atoms with Crippen LogP contribution in [0.5, 0.6) is 0 Å². The Hall–Kier alpha value is -3.62. The van der Waals surface area contributed by atoms with Crippen molar-refractivity contribution in [2.45, 2.75) is 19.0 Å². The summed E-state index contributed by atoms with van der Waals surface area (Å²) in [4.78, 5) is 15.0. The van der Waals surface area contributed by atoms with Gasteiger partial charge in [-0.3, -0.25) is 9.48 Å². The van der Waals surface area contributed by atoms with Crippen LogP contribution in [0.4, 0.5) is 18.2 Å². The molecule has 11 heteroatoms. The van der Waals surface area contributed by atoms with Gasteiger partial charge in [0.1, 0.15) is 22.5 Å². The maximum absolute atomic E-state index is 15.8. The van der Waals surface area contributed by atoms with Gasteiger partial charge in [0.15, 0.2) is 11.6 Å². The number of amides is 1. The van der Waals surface area contributed by atoms with Crippen molar-refractivity contribution in [1.29, 1.82) is 5.26 Å². The lowest BCUT2D eigenvalue weighted by atomic mass is 9.93. The molecule has 0 unspecified atom stereocenters. The zero-order valence-corrected chi connectivity index (χ0v) is 18.5. The number of nitrogens with zero attached hydrogens (tertiary/aromatic N) is 4. The largest absolute Gasteiger partial charge is 0.389 e. The highest BCUT2D eigenvalue weighted by Gasteiger charge is 2.36. The lowest BCUT2D eigenvalue weighted by molar-refractivity contribution is 0.0607. The third-order valence-corrected chi connectivity index (χ3v) is 7.70. The SMILES string of the molecule is N#Cc1c(N)sc2c(F)ccc(-c3c(F)c(F)c4c5c3cnn5CC[C@H]3CNCCN3C4=O)c12. The van der Waals surface area contributed by atoms with Crippen molar-refractivity contribution in [1.82, 2.24) is 20.0 Å². The summed E-state index contributed by atoms with van der Waals surface area (Å²) in [6.07, 6.45) is 1.99. The van der Waals surface area contributed by atoms with Crippen LogP contribution in [-0.4, -0.2) is 46.3 Å². The fraction of sp³-hybridized carbons (Fsp3) is 0.261. The molecule has 4 aromatic rings. The monoisotopic (exact) mass is 482 g/mol. The summed E-state index contributed by atoms with van der Waals surface area (Å²) in [6.45, 7) is 1.93. The van der Waals surface area contributed by atoms with Gasteiger partial charge in [-0.05, 0) is 18.1 Å². The number of fused-ring (bicyclic) bond motifs is 2. The molecular formula is C23H17F3N6OS. The predicted octanol–water partition coefficient (Wildman–Crippen LogP) is 3.61. The minimum Gasteiger partial charge on any atom is -0.389 e. The number of carbonyl (C=O) groups excluding carboxylic acids is 1. The van der Waals surface area contributed by atoms with Crippen molar-refractivity contribution in [3.63, 3.8) is 0 Å². The van der Waals surface area contributed by atoms with Crippen molar-refractivity contribution < 1.29 is 18.0 Å². The second-order valence-electron chi connectivity index (χ2n) is 8.41. The highest BCUT2D eigenvalue weighted by atomic mass is 32.1. The summed E-state index contributed by atoms with van der Waals surface area (Å²) in [5.41, 5.74) is 5.71. The van der Waals surface area contributed by atoms with E-state index in [0.717, 1.165) is 17.4 Å². The molecule has 1 atom stereocenters. The van der Waals surface area contributed by atoms with Gasteiger partial charge in [-0.1, -0.05) is 6.07 Å². The van der Waals surface area contributed by atoms with Gasteiger partial charge < -0.3 is 16.0 Å². The van der Waals surface area contributed by atoms with Gasteiger partial charge in [0.05, 0.1) is 22.0 Å². The zero-order valence-electron chi connectivity index (χ0n) is 17.7. The normalized spacial score (nSPS) is 18.1.